The number of nitrogens with one attached hydrogen (secondary N) is 2. The molecule has 2 amide bonds. The number of hydrazone groups is 1. The zero-order valence-electron chi connectivity index (χ0n) is 20.0. The third kappa shape index (κ3) is 7.93. The number of aliphatic hydroxyl groups is 2. The second-order valence-corrected chi connectivity index (χ2v) is 9.71. The van der Waals surface area contributed by atoms with Gasteiger partial charge in [-0.05, 0) is 66.4 Å². The highest BCUT2D eigenvalue weighted by atomic mass is 35.5. The van der Waals surface area contributed by atoms with E-state index in [2.05, 4.69) is 15.8 Å². The molecule has 7 nitrogen and oxygen atoms in total. The van der Waals surface area contributed by atoms with E-state index in [1.807, 2.05) is 38.1 Å². The fraction of sp³-hybridized carbons (Fsp3) is 0.222. The molecule has 0 aliphatic heterocycles. The molecule has 0 saturated heterocycles. The van der Waals surface area contributed by atoms with Crippen molar-refractivity contribution in [1.29, 1.82) is 0 Å². The van der Waals surface area contributed by atoms with E-state index in [1.165, 1.54) is 23.4 Å². The summed E-state index contributed by atoms with van der Waals surface area (Å²) in [6, 6.07) is 17.6. The minimum Gasteiger partial charge on any atom is -0.394 e. The standard InChI is InChI=1S/C27H28ClN3O4S/c1-17-6-7-19(10-18(17)2)13-29-31-27(35)24-12-22(28)8-9-25(24)30-26(34)21-5-3-4-20(11-21)15-36-16-23(33)14-32/h3-13,23,32-33H,14-16H2,1-2H3,(H,30,34)(H,31,35)/b29-13+. The Morgan fingerprint density at radius 3 is 2.61 bits per heavy atom. The summed E-state index contributed by atoms with van der Waals surface area (Å²) in [6.45, 7) is 3.73. The summed E-state index contributed by atoms with van der Waals surface area (Å²) in [7, 11) is 0. The molecule has 0 fully saturated rings. The predicted octanol–water partition coefficient (Wildman–Crippen LogP) is 4.56. The van der Waals surface area contributed by atoms with Crippen LogP contribution < -0.4 is 10.7 Å². The molecule has 36 heavy (non-hydrogen) atoms. The first-order valence-corrected chi connectivity index (χ1v) is 12.8. The van der Waals surface area contributed by atoms with Crippen molar-refractivity contribution in [2.24, 2.45) is 5.10 Å². The number of halogens is 1. The first-order chi connectivity index (χ1) is 17.3. The largest absolute Gasteiger partial charge is 0.394 e. The molecule has 1 atom stereocenters. The van der Waals surface area contributed by atoms with Crippen molar-refractivity contribution in [3.63, 3.8) is 0 Å². The highest BCUT2D eigenvalue weighted by molar-refractivity contribution is 7.98. The van der Waals surface area contributed by atoms with Crippen LogP contribution in [-0.2, 0) is 5.75 Å². The SMILES string of the molecule is Cc1ccc(/C=N/NC(=O)c2cc(Cl)ccc2NC(=O)c2cccc(CSCC(O)CO)c2)cc1C. The van der Waals surface area contributed by atoms with E-state index in [4.69, 9.17) is 16.7 Å². The van der Waals surface area contributed by atoms with Gasteiger partial charge >= 0.3 is 0 Å². The summed E-state index contributed by atoms with van der Waals surface area (Å²) in [5.41, 5.74) is 7.42. The van der Waals surface area contributed by atoms with Gasteiger partial charge in [-0.3, -0.25) is 9.59 Å². The topological polar surface area (TPSA) is 111 Å². The van der Waals surface area contributed by atoms with Crippen molar-refractivity contribution < 1.29 is 19.8 Å². The van der Waals surface area contributed by atoms with Gasteiger partial charge in [0.15, 0.2) is 0 Å². The number of benzene rings is 3. The maximum Gasteiger partial charge on any atom is 0.273 e. The Hall–Kier alpha value is -3.17. The maximum absolute atomic E-state index is 12.9. The third-order valence-corrected chi connectivity index (χ3v) is 6.76. The van der Waals surface area contributed by atoms with Crippen molar-refractivity contribution in [3.05, 3.63) is 99.1 Å². The van der Waals surface area contributed by atoms with E-state index >= 15 is 0 Å². The number of amides is 2. The molecule has 3 rings (SSSR count). The second kappa shape index (κ2) is 13.2. The number of hydrogen-bond acceptors (Lipinski definition) is 6. The van der Waals surface area contributed by atoms with Crippen LogP contribution in [0.15, 0.2) is 65.8 Å². The van der Waals surface area contributed by atoms with Crippen LogP contribution in [0.25, 0.3) is 0 Å². The van der Waals surface area contributed by atoms with Gasteiger partial charge in [0.05, 0.1) is 30.2 Å². The third-order valence-electron chi connectivity index (χ3n) is 5.36. The molecule has 3 aromatic rings. The fourth-order valence-electron chi connectivity index (χ4n) is 3.25. The molecule has 0 bridgehead atoms. The smallest absolute Gasteiger partial charge is 0.273 e. The first kappa shape index (κ1) is 27.4. The maximum atomic E-state index is 12.9. The number of aliphatic hydroxyl groups excluding tert-OH is 2. The summed E-state index contributed by atoms with van der Waals surface area (Å²) in [5.74, 6) is 0.0701. The molecule has 0 radical (unpaired) electrons. The van der Waals surface area contributed by atoms with Crippen molar-refractivity contribution in [2.75, 3.05) is 17.7 Å². The van der Waals surface area contributed by atoms with Crippen LogP contribution in [-0.4, -0.2) is 46.7 Å². The number of nitrogens with zero attached hydrogens (tertiary/aromatic N) is 1. The predicted molar refractivity (Wildman–Crippen MR) is 146 cm³/mol. The van der Waals surface area contributed by atoms with Crippen LogP contribution >= 0.6 is 23.4 Å². The summed E-state index contributed by atoms with van der Waals surface area (Å²) < 4.78 is 0. The zero-order chi connectivity index (χ0) is 26.1. The second-order valence-electron chi connectivity index (χ2n) is 8.24. The average molecular weight is 526 g/mol. The van der Waals surface area contributed by atoms with Crippen molar-refractivity contribution >= 4 is 47.1 Å². The van der Waals surface area contributed by atoms with E-state index in [0.29, 0.717) is 27.8 Å². The molecule has 1 unspecified atom stereocenters. The summed E-state index contributed by atoms with van der Waals surface area (Å²) >= 11 is 7.57. The lowest BCUT2D eigenvalue weighted by molar-refractivity contribution is 0.0956. The molecule has 9 heteroatoms. The molecule has 0 saturated carbocycles. The summed E-state index contributed by atoms with van der Waals surface area (Å²) in [5, 5.41) is 25.6. The van der Waals surface area contributed by atoms with Gasteiger partial charge < -0.3 is 15.5 Å². The lowest BCUT2D eigenvalue weighted by Gasteiger charge is -2.12. The highest BCUT2D eigenvalue weighted by Gasteiger charge is 2.15. The molecule has 4 N–H and O–H groups in total. The Morgan fingerprint density at radius 2 is 1.86 bits per heavy atom. The van der Waals surface area contributed by atoms with E-state index in [-0.39, 0.29) is 18.1 Å². The van der Waals surface area contributed by atoms with E-state index in [0.717, 1.165) is 16.7 Å². The Labute approximate surface area is 219 Å². The van der Waals surface area contributed by atoms with Gasteiger partial charge in [0.2, 0.25) is 0 Å². The van der Waals surface area contributed by atoms with Crippen molar-refractivity contribution in [2.45, 2.75) is 25.7 Å². The van der Waals surface area contributed by atoms with E-state index in [9.17, 15) is 14.7 Å². The highest BCUT2D eigenvalue weighted by Crippen LogP contribution is 2.22. The minimum atomic E-state index is -0.777. The average Bonchev–Trinajstić information content (AvgIpc) is 2.87. The van der Waals surface area contributed by atoms with Gasteiger partial charge in [0.25, 0.3) is 11.8 Å². The van der Waals surface area contributed by atoms with Crippen LogP contribution in [0, 0.1) is 13.8 Å². The number of carbonyl (C=O) groups excluding carboxylic acids is 2. The number of anilines is 1. The number of aryl methyl sites for hydroxylation is 2. The van der Waals surface area contributed by atoms with Crippen LogP contribution in [0.5, 0.6) is 0 Å². The Balaban J connectivity index is 1.69. The van der Waals surface area contributed by atoms with E-state index in [1.54, 1.807) is 36.5 Å². The monoisotopic (exact) mass is 525 g/mol. The zero-order valence-corrected chi connectivity index (χ0v) is 21.6. The molecule has 0 aromatic heterocycles. The molecule has 3 aromatic carbocycles. The number of rotatable bonds is 10. The molecule has 0 aliphatic rings. The fourth-order valence-corrected chi connectivity index (χ4v) is 4.33. The van der Waals surface area contributed by atoms with Crippen LogP contribution in [0.4, 0.5) is 5.69 Å². The van der Waals surface area contributed by atoms with Gasteiger partial charge in [0, 0.05) is 22.1 Å². The number of hydrogen-bond donors (Lipinski definition) is 4. The van der Waals surface area contributed by atoms with Crippen LogP contribution in [0.2, 0.25) is 5.02 Å². The quantitative estimate of drug-likeness (QED) is 0.229. The summed E-state index contributed by atoms with van der Waals surface area (Å²) in [6.07, 6.45) is 0.775. The Kier molecular flexibility index (Phi) is 10.1. The molecular weight excluding hydrogens is 498 g/mol. The number of thioether (sulfide) groups is 1. The van der Waals surface area contributed by atoms with Crippen LogP contribution in [0.3, 0.4) is 0 Å². The summed E-state index contributed by atoms with van der Waals surface area (Å²) in [4.78, 5) is 25.8. The Morgan fingerprint density at radius 1 is 1.06 bits per heavy atom. The van der Waals surface area contributed by atoms with Gasteiger partial charge in [-0.1, -0.05) is 41.9 Å². The Bertz CT molecular complexity index is 1270. The molecule has 0 aliphatic carbocycles. The lowest BCUT2D eigenvalue weighted by atomic mass is 10.1. The lowest BCUT2D eigenvalue weighted by Crippen LogP contribution is -2.21. The molecular formula is C27H28ClN3O4S. The minimum absolute atomic E-state index is 0.179. The van der Waals surface area contributed by atoms with Gasteiger partial charge in [-0.15, -0.1) is 0 Å². The normalized spacial score (nSPS) is 11.9. The van der Waals surface area contributed by atoms with Crippen LogP contribution in [0.1, 0.15) is 43.0 Å². The first-order valence-electron chi connectivity index (χ1n) is 11.2. The number of carbonyl (C=O) groups is 2. The van der Waals surface area contributed by atoms with E-state index < -0.39 is 12.0 Å². The van der Waals surface area contributed by atoms with Gasteiger partial charge in [0.1, 0.15) is 0 Å². The molecule has 0 heterocycles. The molecule has 0 spiro atoms. The van der Waals surface area contributed by atoms with Gasteiger partial charge in [-0.25, -0.2) is 5.43 Å². The van der Waals surface area contributed by atoms with Crippen molar-refractivity contribution in [1.82, 2.24) is 5.43 Å². The van der Waals surface area contributed by atoms with Gasteiger partial charge in [-0.2, -0.15) is 16.9 Å². The van der Waals surface area contributed by atoms with Crippen molar-refractivity contribution in [3.8, 4) is 0 Å². The molecule has 188 valence electrons.